The van der Waals surface area contributed by atoms with E-state index in [1.807, 2.05) is 4.90 Å². The van der Waals surface area contributed by atoms with Crippen LogP contribution in [0, 0.1) is 16.0 Å². The maximum absolute atomic E-state index is 11.1. The lowest BCUT2D eigenvalue weighted by atomic mass is 9.95. The van der Waals surface area contributed by atoms with Crippen molar-refractivity contribution in [3.63, 3.8) is 0 Å². The zero-order chi connectivity index (χ0) is 14.0. The van der Waals surface area contributed by atoms with Crippen molar-refractivity contribution >= 4 is 17.3 Å². The van der Waals surface area contributed by atoms with Crippen LogP contribution in [0.2, 0.25) is 0 Å². The van der Waals surface area contributed by atoms with E-state index in [1.165, 1.54) is 12.1 Å². The number of anilines is 2. The minimum absolute atomic E-state index is 0.0277. The highest BCUT2D eigenvalue weighted by Crippen LogP contribution is 2.33. The van der Waals surface area contributed by atoms with Crippen LogP contribution in [0.15, 0.2) is 12.1 Å². The summed E-state index contributed by atoms with van der Waals surface area (Å²) < 4.78 is 0. The second kappa shape index (κ2) is 5.40. The van der Waals surface area contributed by atoms with E-state index >= 15 is 0 Å². The molecular weight excluding hydrogens is 246 g/mol. The third-order valence-corrected chi connectivity index (χ3v) is 3.59. The average Bonchev–Trinajstić information content (AvgIpc) is 2.40. The van der Waals surface area contributed by atoms with Gasteiger partial charge in [0.15, 0.2) is 0 Å². The number of pyridine rings is 1. The summed E-state index contributed by atoms with van der Waals surface area (Å²) in [6.45, 7) is 5.00. The standard InChI is InChI=1S/C12H19N5O2/c1-8-3-4-9(2)16(7-8)12-10(17(18)19)5-6-11(14-12)15-13/h5-6,8-9H,3-4,7,13H2,1-2H3,(H,14,15). The van der Waals surface area contributed by atoms with Crippen LogP contribution in [-0.2, 0) is 0 Å². The molecule has 1 aromatic heterocycles. The molecule has 2 atom stereocenters. The third kappa shape index (κ3) is 2.76. The lowest BCUT2D eigenvalue weighted by Gasteiger charge is -2.37. The van der Waals surface area contributed by atoms with Gasteiger partial charge in [0, 0.05) is 18.7 Å². The molecule has 2 unspecified atom stereocenters. The van der Waals surface area contributed by atoms with Gasteiger partial charge >= 0.3 is 5.69 Å². The van der Waals surface area contributed by atoms with Gasteiger partial charge in [-0.05, 0) is 31.7 Å². The van der Waals surface area contributed by atoms with E-state index in [0.29, 0.717) is 17.6 Å². The maximum Gasteiger partial charge on any atom is 0.311 e. The van der Waals surface area contributed by atoms with Crippen LogP contribution < -0.4 is 16.2 Å². The van der Waals surface area contributed by atoms with Crippen molar-refractivity contribution in [2.24, 2.45) is 11.8 Å². The lowest BCUT2D eigenvalue weighted by Crippen LogP contribution is -2.42. The molecule has 2 heterocycles. The van der Waals surface area contributed by atoms with Crippen LogP contribution in [0.4, 0.5) is 17.3 Å². The van der Waals surface area contributed by atoms with E-state index in [1.54, 1.807) is 0 Å². The van der Waals surface area contributed by atoms with Crippen molar-refractivity contribution in [1.29, 1.82) is 0 Å². The number of piperidine rings is 1. The number of nitrogens with zero attached hydrogens (tertiary/aromatic N) is 3. The van der Waals surface area contributed by atoms with E-state index in [4.69, 9.17) is 5.84 Å². The van der Waals surface area contributed by atoms with Gasteiger partial charge in [0.1, 0.15) is 5.82 Å². The second-order valence-electron chi connectivity index (χ2n) is 5.12. The smallest absolute Gasteiger partial charge is 0.311 e. The largest absolute Gasteiger partial charge is 0.348 e. The molecule has 0 radical (unpaired) electrons. The van der Waals surface area contributed by atoms with Crippen LogP contribution >= 0.6 is 0 Å². The Morgan fingerprint density at radius 2 is 2.21 bits per heavy atom. The van der Waals surface area contributed by atoms with Crippen LogP contribution in [0.1, 0.15) is 26.7 Å². The van der Waals surface area contributed by atoms with Gasteiger partial charge in [-0.25, -0.2) is 10.8 Å². The van der Waals surface area contributed by atoms with Gasteiger partial charge in [-0.3, -0.25) is 10.1 Å². The molecule has 19 heavy (non-hydrogen) atoms. The molecule has 1 aliphatic rings. The molecule has 2 rings (SSSR count). The maximum atomic E-state index is 11.1. The number of hydrazine groups is 1. The number of nitro groups is 1. The van der Waals surface area contributed by atoms with E-state index < -0.39 is 4.92 Å². The van der Waals surface area contributed by atoms with Crippen molar-refractivity contribution in [3.8, 4) is 0 Å². The van der Waals surface area contributed by atoms with Crippen molar-refractivity contribution < 1.29 is 4.92 Å². The topological polar surface area (TPSA) is 97.3 Å². The monoisotopic (exact) mass is 265 g/mol. The molecule has 0 bridgehead atoms. The molecule has 1 saturated heterocycles. The first-order valence-corrected chi connectivity index (χ1v) is 6.41. The van der Waals surface area contributed by atoms with Crippen LogP contribution in [0.5, 0.6) is 0 Å². The number of rotatable bonds is 3. The van der Waals surface area contributed by atoms with Crippen molar-refractivity contribution in [2.45, 2.75) is 32.7 Å². The Morgan fingerprint density at radius 1 is 1.47 bits per heavy atom. The third-order valence-electron chi connectivity index (χ3n) is 3.59. The lowest BCUT2D eigenvalue weighted by molar-refractivity contribution is -0.384. The fourth-order valence-corrected chi connectivity index (χ4v) is 2.46. The number of hydrogen-bond donors (Lipinski definition) is 2. The molecule has 0 spiro atoms. The Bertz CT molecular complexity index is 479. The number of nitrogens with one attached hydrogen (secondary N) is 1. The molecule has 1 aliphatic heterocycles. The van der Waals surface area contributed by atoms with E-state index in [-0.39, 0.29) is 11.7 Å². The highest BCUT2D eigenvalue weighted by molar-refractivity contribution is 5.62. The first-order valence-electron chi connectivity index (χ1n) is 6.41. The summed E-state index contributed by atoms with van der Waals surface area (Å²) in [6.07, 6.45) is 2.15. The van der Waals surface area contributed by atoms with Crippen LogP contribution in [-0.4, -0.2) is 22.5 Å². The number of aromatic nitrogens is 1. The molecule has 1 fully saturated rings. The Labute approximate surface area is 111 Å². The minimum atomic E-state index is -0.394. The highest BCUT2D eigenvalue weighted by atomic mass is 16.6. The first-order chi connectivity index (χ1) is 9.02. The van der Waals surface area contributed by atoms with Crippen molar-refractivity contribution in [3.05, 3.63) is 22.2 Å². The molecule has 0 aliphatic carbocycles. The SMILES string of the molecule is CC1CCC(C)N(c2nc(NN)ccc2[N+](=O)[O-])C1. The summed E-state index contributed by atoms with van der Waals surface area (Å²) in [4.78, 5) is 17.0. The Balaban J connectivity index is 2.42. The molecule has 7 nitrogen and oxygen atoms in total. The quantitative estimate of drug-likeness (QED) is 0.492. The molecule has 3 N–H and O–H groups in total. The predicted octanol–water partition coefficient (Wildman–Crippen LogP) is 1.90. The van der Waals surface area contributed by atoms with Crippen LogP contribution in [0.25, 0.3) is 0 Å². The van der Waals surface area contributed by atoms with Gasteiger partial charge in [-0.2, -0.15) is 0 Å². The van der Waals surface area contributed by atoms with Crippen molar-refractivity contribution in [2.75, 3.05) is 16.9 Å². The van der Waals surface area contributed by atoms with Gasteiger partial charge in [-0.1, -0.05) is 6.92 Å². The number of nitrogens with two attached hydrogens (primary N) is 1. The second-order valence-corrected chi connectivity index (χ2v) is 5.12. The summed E-state index contributed by atoms with van der Waals surface area (Å²) in [6, 6.07) is 3.21. The molecule has 104 valence electrons. The van der Waals surface area contributed by atoms with Gasteiger partial charge < -0.3 is 10.3 Å². The fraction of sp³-hybridized carbons (Fsp3) is 0.583. The average molecular weight is 265 g/mol. The van der Waals surface area contributed by atoms with Crippen molar-refractivity contribution in [1.82, 2.24) is 4.98 Å². The minimum Gasteiger partial charge on any atom is -0.348 e. The molecule has 1 aromatic rings. The normalized spacial score (nSPS) is 23.2. The molecule has 0 amide bonds. The van der Waals surface area contributed by atoms with Gasteiger partial charge in [-0.15, -0.1) is 0 Å². The zero-order valence-electron chi connectivity index (χ0n) is 11.2. The predicted molar refractivity (Wildman–Crippen MR) is 73.9 cm³/mol. The Kier molecular flexibility index (Phi) is 3.84. The van der Waals surface area contributed by atoms with Gasteiger partial charge in [0.05, 0.1) is 4.92 Å². The first kappa shape index (κ1) is 13.5. The van der Waals surface area contributed by atoms with E-state index in [9.17, 15) is 10.1 Å². The summed E-state index contributed by atoms with van der Waals surface area (Å²) in [5, 5.41) is 11.1. The summed E-state index contributed by atoms with van der Waals surface area (Å²) in [5.74, 6) is 6.68. The summed E-state index contributed by atoms with van der Waals surface area (Å²) >= 11 is 0. The molecular formula is C12H19N5O2. The highest BCUT2D eigenvalue weighted by Gasteiger charge is 2.29. The Morgan fingerprint density at radius 3 is 2.84 bits per heavy atom. The molecule has 0 saturated carbocycles. The summed E-state index contributed by atoms with van der Waals surface area (Å²) in [7, 11) is 0. The van der Waals surface area contributed by atoms with Gasteiger partial charge in [0.2, 0.25) is 5.82 Å². The Hall–Kier alpha value is -1.89. The van der Waals surface area contributed by atoms with E-state index in [0.717, 1.165) is 19.4 Å². The summed E-state index contributed by atoms with van der Waals surface area (Å²) in [5.41, 5.74) is 2.47. The van der Waals surface area contributed by atoms with Gasteiger partial charge in [0.25, 0.3) is 0 Å². The van der Waals surface area contributed by atoms with E-state index in [2.05, 4.69) is 24.3 Å². The number of nitrogen functional groups attached to an aromatic ring is 1. The zero-order valence-corrected chi connectivity index (χ0v) is 11.2. The fourth-order valence-electron chi connectivity index (χ4n) is 2.46. The molecule has 0 aromatic carbocycles. The number of hydrogen-bond acceptors (Lipinski definition) is 6. The molecule has 7 heteroatoms. The van der Waals surface area contributed by atoms with Crippen LogP contribution in [0.3, 0.4) is 0 Å².